The van der Waals surface area contributed by atoms with Crippen molar-refractivity contribution in [3.8, 4) is 0 Å². The molecule has 3 heteroatoms. The molecule has 0 amide bonds. The van der Waals surface area contributed by atoms with Gasteiger partial charge in [-0.05, 0) is 33.4 Å². The molecule has 2 aliphatic rings. The lowest BCUT2D eigenvalue weighted by Gasteiger charge is -2.48. The predicted molar refractivity (Wildman–Crippen MR) is 54.7 cm³/mol. The molecule has 13 heavy (non-hydrogen) atoms. The maximum atomic E-state index is 6.00. The highest BCUT2D eigenvalue weighted by Gasteiger charge is 2.36. The summed E-state index contributed by atoms with van der Waals surface area (Å²) in [5, 5.41) is 0. The summed E-state index contributed by atoms with van der Waals surface area (Å²) < 4.78 is 0. The molecule has 3 atom stereocenters. The van der Waals surface area contributed by atoms with Gasteiger partial charge in [0.1, 0.15) is 0 Å². The van der Waals surface area contributed by atoms with Crippen LogP contribution < -0.4 is 5.73 Å². The Kier molecular flexibility index (Phi) is 2.58. The molecule has 1 saturated heterocycles. The van der Waals surface area contributed by atoms with E-state index in [-0.39, 0.29) is 0 Å². The summed E-state index contributed by atoms with van der Waals surface area (Å²) in [6, 6.07) is 1.91. The molecule has 1 saturated carbocycles. The third-order valence-electron chi connectivity index (χ3n) is 3.76. The Hall–Kier alpha value is -0.120. The zero-order valence-corrected chi connectivity index (χ0v) is 8.74. The van der Waals surface area contributed by atoms with Crippen LogP contribution in [0.3, 0.4) is 0 Å². The third kappa shape index (κ3) is 1.73. The van der Waals surface area contributed by atoms with Gasteiger partial charge < -0.3 is 15.5 Å². The summed E-state index contributed by atoms with van der Waals surface area (Å²) in [4.78, 5) is 5.00. The third-order valence-corrected chi connectivity index (χ3v) is 3.76. The van der Waals surface area contributed by atoms with E-state index in [4.69, 9.17) is 5.73 Å². The van der Waals surface area contributed by atoms with Crippen LogP contribution in [0.5, 0.6) is 0 Å². The lowest BCUT2D eigenvalue weighted by Crippen LogP contribution is -2.60. The Morgan fingerprint density at radius 2 is 1.62 bits per heavy atom. The zero-order valence-electron chi connectivity index (χ0n) is 8.74. The lowest BCUT2D eigenvalue weighted by molar-refractivity contribution is 0.0211. The van der Waals surface area contributed by atoms with E-state index in [1.54, 1.807) is 0 Å². The predicted octanol–water partition coefficient (Wildman–Crippen LogP) is 0.112. The van der Waals surface area contributed by atoms with Gasteiger partial charge in [-0.15, -0.1) is 0 Å². The molecule has 3 nitrogen and oxygen atoms in total. The first-order valence-corrected chi connectivity index (χ1v) is 5.34. The normalized spacial score (nSPS) is 43.2. The molecule has 76 valence electrons. The largest absolute Gasteiger partial charge is 0.328 e. The van der Waals surface area contributed by atoms with E-state index in [1.807, 2.05) is 0 Å². The van der Waals surface area contributed by atoms with Gasteiger partial charge in [-0.2, -0.15) is 0 Å². The maximum Gasteiger partial charge on any atom is 0.0263 e. The SMILES string of the molecule is CN1CCN(C)C2CC(N)CCC21. The van der Waals surface area contributed by atoms with Crippen molar-refractivity contribution in [2.75, 3.05) is 27.2 Å². The van der Waals surface area contributed by atoms with E-state index < -0.39 is 0 Å². The Labute approximate surface area is 80.9 Å². The van der Waals surface area contributed by atoms with Crippen LogP contribution in [-0.4, -0.2) is 55.1 Å². The highest BCUT2D eigenvalue weighted by atomic mass is 15.3. The topological polar surface area (TPSA) is 32.5 Å². The Balaban J connectivity index is 2.06. The average Bonchev–Trinajstić information content (AvgIpc) is 2.12. The highest BCUT2D eigenvalue weighted by molar-refractivity contribution is 4.95. The number of hydrogen-bond acceptors (Lipinski definition) is 3. The van der Waals surface area contributed by atoms with Crippen molar-refractivity contribution in [3.05, 3.63) is 0 Å². The fourth-order valence-corrected chi connectivity index (χ4v) is 2.80. The van der Waals surface area contributed by atoms with Crippen LogP contribution in [0, 0.1) is 0 Å². The van der Waals surface area contributed by atoms with Gasteiger partial charge in [0, 0.05) is 31.2 Å². The van der Waals surface area contributed by atoms with E-state index >= 15 is 0 Å². The number of fused-ring (bicyclic) bond motifs is 1. The molecule has 3 unspecified atom stereocenters. The molecule has 1 heterocycles. The molecular formula is C10H21N3. The van der Waals surface area contributed by atoms with Crippen molar-refractivity contribution < 1.29 is 0 Å². The smallest absolute Gasteiger partial charge is 0.0263 e. The van der Waals surface area contributed by atoms with Crippen LogP contribution in [0.15, 0.2) is 0 Å². The van der Waals surface area contributed by atoms with Crippen molar-refractivity contribution in [1.29, 1.82) is 0 Å². The summed E-state index contributed by atoms with van der Waals surface area (Å²) in [5.41, 5.74) is 6.00. The van der Waals surface area contributed by atoms with Crippen molar-refractivity contribution in [1.82, 2.24) is 9.80 Å². The van der Waals surface area contributed by atoms with Gasteiger partial charge in [-0.1, -0.05) is 0 Å². The van der Waals surface area contributed by atoms with E-state index in [0.717, 1.165) is 6.04 Å². The van der Waals surface area contributed by atoms with Gasteiger partial charge in [0.15, 0.2) is 0 Å². The van der Waals surface area contributed by atoms with Gasteiger partial charge in [0.05, 0.1) is 0 Å². The second-order valence-electron chi connectivity index (χ2n) is 4.67. The van der Waals surface area contributed by atoms with Crippen molar-refractivity contribution in [3.63, 3.8) is 0 Å². The molecule has 2 N–H and O–H groups in total. The standard InChI is InChI=1S/C10H21N3/c1-12-5-6-13(2)10-7-8(11)3-4-9(10)12/h8-10H,3-7,11H2,1-2H3. The fraction of sp³-hybridized carbons (Fsp3) is 1.00. The van der Waals surface area contributed by atoms with Gasteiger partial charge in [-0.3, -0.25) is 0 Å². The number of piperazine rings is 1. The van der Waals surface area contributed by atoms with Crippen LogP contribution >= 0.6 is 0 Å². The van der Waals surface area contributed by atoms with Crippen LogP contribution in [0.2, 0.25) is 0 Å². The summed E-state index contributed by atoms with van der Waals surface area (Å²) in [5.74, 6) is 0. The second-order valence-corrected chi connectivity index (χ2v) is 4.67. The van der Waals surface area contributed by atoms with Crippen molar-refractivity contribution in [2.24, 2.45) is 5.73 Å². The Bertz CT molecular complexity index is 183. The zero-order chi connectivity index (χ0) is 9.42. The quantitative estimate of drug-likeness (QED) is 0.578. The van der Waals surface area contributed by atoms with Crippen molar-refractivity contribution in [2.45, 2.75) is 37.4 Å². The van der Waals surface area contributed by atoms with E-state index in [2.05, 4.69) is 23.9 Å². The van der Waals surface area contributed by atoms with Gasteiger partial charge in [0.25, 0.3) is 0 Å². The van der Waals surface area contributed by atoms with Crippen LogP contribution in [-0.2, 0) is 0 Å². The molecule has 0 aromatic heterocycles. The molecule has 0 aromatic carbocycles. The van der Waals surface area contributed by atoms with Crippen LogP contribution in [0.1, 0.15) is 19.3 Å². The second kappa shape index (κ2) is 3.56. The van der Waals surface area contributed by atoms with Gasteiger partial charge >= 0.3 is 0 Å². The molecular weight excluding hydrogens is 162 g/mol. The molecule has 0 aromatic rings. The Morgan fingerprint density at radius 1 is 1.00 bits per heavy atom. The molecule has 0 radical (unpaired) electrons. The minimum absolute atomic E-state index is 0.440. The first-order chi connectivity index (χ1) is 6.18. The first-order valence-electron chi connectivity index (χ1n) is 5.34. The summed E-state index contributed by atoms with van der Waals surface area (Å²) in [6.07, 6.45) is 3.68. The lowest BCUT2D eigenvalue weighted by atomic mass is 9.84. The molecule has 1 aliphatic carbocycles. The number of likely N-dealkylation sites (N-methyl/N-ethyl adjacent to an activating group) is 2. The summed E-state index contributed by atoms with van der Waals surface area (Å²) in [7, 11) is 4.49. The van der Waals surface area contributed by atoms with E-state index in [1.165, 1.54) is 32.4 Å². The van der Waals surface area contributed by atoms with Crippen LogP contribution in [0.4, 0.5) is 0 Å². The van der Waals surface area contributed by atoms with Crippen molar-refractivity contribution >= 4 is 0 Å². The highest BCUT2D eigenvalue weighted by Crippen LogP contribution is 2.27. The molecule has 1 aliphatic heterocycles. The fourth-order valence-electron chi connectivity index (χ4n) is 2.80. The van der Waals surface area contributed by atoms with Gasteiger partial charge in [-0.25, -0.2) is 0 Å². The average molecular weight is 183 g/mol. The maximum absolute atomic E-state index is 6.00. The number of nitrogens with zero attached hydrogens (tertiary/aromatic N) is 2. The minimum Gasteiger partial charge on any atom is -0.328 e. The summed E-state index contributed by atoms with van der Waals surface area (Å²) in [6.45, 7) is 2.41. The number of hydrogen-bond donors (Lipinski definition) is 1. The van der Waals surface area contributed by atoms with E-state index in [9.17, 15) is 0 Å². The summed E-state index contributed by atoms with van der Waals surface area (Å²) >= 11 is 0. The monoisotopic (exact) mass is 183 g/mol. The minimum atomic E-state index is 0.440. The van der Waals surface area contributed by atoms with Gasteiger partial charge in [0.2, 0.25) is 0 Å². The Morgan fingerprint density at radius 3 is 2.31 bits per heavy atom. The van der Waals surface area contributed by atoms with Crippen LogP contribution in [0.25, 0.3) is 0 Å². The number of rotatable bonds is 0. The molecule has 2 fully saturated rings. The number of nitrogens with two attached hydrogens (primary N) is 1. The molecule has 0 bridgehead atoms. The molecule has 2 rings (SSSR count). The molecule has 0 spiro atoms. The first kappa shape index (κ1) is 9.44. The van der Waals surface area contributed by atoms with E-state index in [0.29, 0.717) is 12.1 Å².